The van der Waals surface area contributed by atoms with Crippen molar-refractivity contribution >= 4 is 5.91 Å². The number of aryl methyl sites for hydroxylation is 1. The lowest BCUT2D eigenvalue weighted by molar-refractivity contribution is -0.127. The number of pyridine rings is 1. The van der Waals surface area contributed by atoms with Crippen molar-refractivity contribution in [2.75, 3.05) is 19.6 Å². The first-order valence-electron chi connectivity index (χ1n) is 10.7. The smallest absolute Gasteiger partial charge is 0.251 e. The number of likely N-dealkylation sites (tertiary alicyclic amines) is 1. The molecule has 2 aliphatic heterocycles. The lowest BCUT2D eigenvalue weighted by Crippen LogP contribution is -2.53. The number of fused-ring (bicyclic) bond motifs is 4. The van der Waals surface area contributed by atoms with E-state index in [0.29, 0.717) is 19.5 Å². The number of carbonyl (C=O) groups excluding carboxylic acids is 1. The minimum absolute atomic E-state index is 0.0659. The van der Waals surface area contributed by atoms with Gasteiger partial charge in [-0.1, -0.05) is 6.07 Å². The zero-order chi connectivity index (χ0) is 21.4. The van der Waals surface area contributed by atoms with Crippen LogP contribution in [0.3, 0.4) is 0 Å². The summed E-state index contributed by atoms with van der Waals surface area (Å²) in [6.45, 7) is 2.75. The molecule has 0 aliphatic carbocycles. The normalized spacial score (nSPS) is 22.8. The third-order valence-corrected chi connectivity index (χ3v) is 6.40. The van der Waals surface area contributed by atoms with Crippen molar-refractivity contribution in [2.45, 2.75) is 31.3 Å². The van der Waals surface area contributed by atoms with Crippen LogP contribution in [0, 0.1) is 5.92 Å². The molecule has 162 valence electrons. The predicted molar refractivity (Wildman–Crippen MR) is 112 cm³/mol. The van der Waals surface area contributed by atoms with Gasteiger partial charge in [-0.25, -0.2) is 4.98 Å². The lowest BCUT2D eigenvalue weighted by atomic mass is 9.78. The molecule has 5 heterocycles. The zero-order valence-corrected chi connectivity index (χ0v) is 17.5. The highest BCUT2D eigenvalue weighted by molar-refractivity contribution is 5.81. The maximum Gasteiger partial charge on any atom is 0.251 e. The second kappa shape index (κ2) is 8.14. The predicted octanol–water partition coefficient (Wildman–Crippen LogP) is 1.09. The Morgan fingerprint density at radius 2 is 2.16 bits per heavy atom. The number of hydrogen-bond donors (Lipinski definition) is 1. The summed E-state index contributed by atoms with van der Waals surface area (Å²) in [5.41, 5.74) is 0.835. The number of aromatic nitrogens is 4. The van der Waals surface area contributed by atoms with Gasteiger partial charge < -0.3 is 9.73 Å². The van der Waals surface area contributed by atoms with Crippen molar-refractivity contribution in [1.29, 1.82) is 0 Å². The van der Waals surface area contributed by atoms with E-state index in [4.69, 9.17) is 4.42 Å². The average Bonchev–Trinajstić information content (AvgIpc) is 3.41. The molecule has 0 unspecified atom stereocenters. The number of hydrogen-bond acceptors (Lipinski definition) is 6. The van der Waals surface area contributed by atoms with Crippen LogP contribution in [-0.4, -0.2) is 49.8 Å². The van der Waals surface area contributed by atoms with Crippen molar-refractivity contribution in [3.63, 3.8) is 0 Å². The Balaban J connectivity index is 1.37. The molecule has 3 aromatic heterocycles. The van der Waals surface area contributed by atoms with E-state index < -0.39 is 6.04 Å². The lowest BCUT2D eigenvalue weighted by Gasteiger charge is -2.46. The highest BCUT2D eigenvalue weighted by Crippen LogP contribution is 2.41. The van der Waals surface area contributed by atoms with Crippen molar-refractivity contribution in [1.82, 2.24) is 29.5 Å². The minimum atomic E-state index is -0.515. The van der Waals surface area contributed by atoms with E-state index in [-0.39, 0.29) is 23.3 Å². The summed E-state index contributed by atoms with van der Waals surface area (Å²) in [7, 11) is 1.83. The molecular weight excluding hydrogens is 396 g/mol. The quantitative estimate of drug-likeness (QED) is 0.639. The highest BCUT2D eigenvalue weighted by Gasteiger charge is 2.43. The molecule has 2 aliphatic rings. The fraction of sp³-hybridized carbons (Fsp3) is 0.455. The van der Waals surface area contributed by atoms with Crippen LogP contribution < -0.4 is 10.9 Å². The van der Waals surface area contributed by atoms with Crippen LogP contribution in [0.15, 0.2) is 52.1 Å². The number of furan rings is 1. The maximum atomic E-state index is 13.3. The summed E-state index contributed by atoms with van der Waals surface area (Å²) in [5.74, 6) is 1.90. The molecule has 2 bridgehead atoms. The molecule has 9 nitrogen and oxygen atoms in total. The van der Waals surface area contributed by atoms with Crippen LogP contribution in [0.1, 0.15) is 35.7 Å². The topological polar surface area (TPSA) is 98.2 Å². The molecular formula is C22H26N6O3. The molecule has 0 saturated carbocycles. The van der Waals surface area contributed by atoms with Gasteiger partial charge in [0.2, 0.25) is 5.91 Å². The number of piperidine rings is 1. The van der Waals surface area contributed by atoms with E-state index in [1.807, 2.05) is 25.2 Å². The Morgan fingerprint density at radius 1 is 1.26 bits per heavy atom. The van der Waals surface area contributed by atoms with Crippen molar-refractivity contribution in [3.8, 4) is 0 Å². The first kappa shape index (κ1) is 19.7. The Bertz CT molecular complexity index is 1120. The number of nitrogens with zero attached hydrogens (tertiary/aromatic N) is 5. The Labute approximate surface area is 179 Å². The average molecular weight is 422 g/mol. The SMILES string of the molecule is Cn1ncnc1CCNC(=O)[C@H]1[C@H]2C[C@H](CN(Cc3ccco3)C2)c2cccc(=O)n21. The highest BCUT2D eigenvalue weighted by atomic mass is 16.3. The van der Waals surface area contributed by atoms with Gasteiger partial charge in [0.25, 0.3) is 5.56 Å². The molecule has 0 spiro atoms. The first-order valence-corrected chi connectivity index (χ1v) is 10.7. The van der Waals surface area contributed by atoms with Crippen LogP contribution in [0.4, 0.5) is 0 Å². The van der Waals surface area contributed by atoms with Crippen molar-refractivity contribution < 1.29 is 9.21 Å². The van der Waals surface area contributed by atoms with Crippen LogP contribution in [-0.2, 0) is 24.8 Å². The molecule has 1 N–H and O–H groups in total. The fourth-order valence-electron chi connectivity index (χ4n) is 5.07. The van der Waals surface area contributed by atoms with E-state index >= 15 is 0 Å². The van der Waals surface area contributed by atoms with Gasteiger partial charge in [-0.3, -0.25) is 23.7 Å². The molecule has 31 heavy (non-hydrogen) atoms. The minimum Gasteiger partial charge on any atom is -0.468 e. The van der Waals surface area contributed by atoms with E-state index in [0.717, 1.165) is 36.8 Å². The maximum absolute atomic E-state index is 13.3. The van der Waals surface area contributed by atoms with Gasteiger partial charge in [-0.15, -0.1) is 0 Å². The molecule has 5 rings (SSSR count). The van der Waals surface area contributed by atoms with Gasteiger partial charge >= 0.3 is 0 Å². The van der Waals surface area contributed by atoms with Gasteiger partial charge in [0.1, 0.15) is 24.0 Å². The van der Waals surface area contributed by atoms with Gasteiger partial charge in [-0.05, 0) is 24.6 Å². The second-order valence-electron chi connectivity index (χ2n) is 8.41. The summed E-state index contributed by atoms with van der Waals surface area (Å²) >= 11 is 0. The summed E-state index contributed by atoms with van der Waals surface area (Å²) in [6.07, 6.45) is 4.68. The number of carbonyl (C=O) groups is 1. The molecule has 1 fully saturated rings. The third-order valence-electron chi connectivity index (χ3n) is 6.40. The standard InChI is InChI=1S/C22H26N6O3/c1-26-19(24-14-25-26)7-8-23-22(30)21-16-10-15(18-5-2-6-20(29)28(18)21)11-27(12-16)13-17-4-3-9-31-17/h2-6,9,14-16,21H,7-8,10-13H2,1H3,(H,23,30)/t15-,16+,21-/m1/s1. The van der Waals surface area contributed by atoms with Gasteiger partial charge in [-0.2, -0.15) is 5.10 Å². The largest absolute Gasteiger partial charge is 0.468 e. The fourth-order valence-corrected chi connectivity index (χ4v) is 5.07. The van der Waals surface area contributed by atoms with Gasteiger partial charge in [0, 0.05) is 56.7 Å². The third kappa shape index (κ3) is 3.81. The van der Waals surface area contributed by atoms with Gasteiger partial charge in [0.05, 0.1) is 12.8 Å². The van der Waals surface area contributed by atoms with E-state index in [1.165, 1.54) is 6.33 Å². The number of nitrogens with one attached hydrogen (secondary N) is 1. The van der Waals surface area contributed by atoms with Crippen LogP contribution in [0.2, 0.25) is 0 Å². The molecule has 9 heteroatoms. The molecule has 0 aromatic carbocycles. The Hall–Kier alpha value is -3.20. The van der Waals surface area contributed by atoms with E-state index in [9.17, 15) is 9.59 Å². The summed E-state index contributed by atoms with van der Waals surface area (Å²) in [4.78, 5) is 32.6. The Morgan fingerprint density at radius 3 is 2.94 bits per heavy atom. The van der Waals surface area contributed by atoms with Gasteiger partial charge in [0.15, 0.2) is 0 Å². The summed E-state index contributed by atoms with van der Waals surface area (Å²) in [5, 5.41) is 7.09. The van der Waals surface area contributed by atoms with Crippen LogP contribution >= 0.6 is 0 Å². The number of rotatable bonds is 6. The molecule has 3 aromatic rings. The van der Waals surface area contributed by atoms with Crippen LogP contribution in [0.5, 0.6) is 0 Å². The Kier molecular flexibility index (Phi) is 5.19. The van der Waals surface area contributed by atoms with E-state index in [1.54, 1.807) is 27.6 Å². The molecule has 1 amide bonds. The number of amides is 1. The first-order chi connectivity index (χ1) is 15.1. The summed E-state index contributed by atoms with van der Waals surface area (Å²) in [6, 6.07) is 8.67. The molecule has 1 saturated heterocycles. The second-order valence-corrected chi connectivity index (χ2v) is 8.41. The molecule has 3 atom stereocenters. The van der Waals surface area contributed by atoms with Crippen LogP contribution in [0.25, 0.3) is 0 Å². The van der Waals surface area contributed by atoms with E-state index in [2.05, 4.69) is 20.3 Å². The molecule has 0 radical (unpaired) electrons. The monoisotopic (exact) mass is 422 g/mol. The van der Waals surface area contributed by atoms with Crippen molar-refractivity contribution in [2.24, 2.45) is 13.0 Å². The van der Waals surface area contributed by atoms with Crippen molar-refractivity contribution in [3.05, 3.63) is 70.6 Å². The zero-order valence-electron chi connectivity index (χ0n) is 17.5. The summed E-state index contributed by atoms with van der Waals surface area (Å²) < 4.78 is 8.95.